The summed E-state index contributed by atoms with van der Waals surface area (Å²) in [6.45, 7) is -0.0597. The van der Waals surface area contributed by atoms with Gasteiger partial charge in [0.25, 0.3) is 0 Å². The molecule has 1 amide bonds. The van der Waals surface area contributed by atoms with Crippen LogP contribution in [0.25, 0.3) is 0 Å². The van der Waals surface area contributed by atoms with Crippen LogP contribution in [-0.2, 0) is 21.4 Å². The van der Waals surface area contributed by atoms with E-state index in [0.717, 1.165) is 15.7 Å². The standard InChI is InChI=1S/C18H21N5O3S/c1-22(2)17-9-6-15(11-20-17)12-21-18(24)13-23(3)27(25,26)16-7-4-14(10-19)5-8-16/h4-9,11H,12-13H2,1-3H3,(H,21,24). The lowest BCUT2D eigenvalue weighted by molar-refractivity contribution is -0.121. The summed E-state index contributed by atoms with van der Waals surface area (Å²) in [5.41, 5.74) is 1.18. The van der Waals surface area contributed by atoms with Gasteiger partial charge in [-0.1, -0.05) is 6.07 Å². The Morgan fingerprint density at radius 1 is 1.15 bits per heavy atom. The Labute approximate surface area is 159 Å². The summed E-state index contributed by atoms with van der Waals surface area (Å²) in [5.74, 6) is 0.379. The minimum atomic E-state index is -3.81. The van der Waals surface area contributed by atoms with Crippen LogP contribution in [0.1, 0.15) is 11.1 Å². The fourth-order valence-electron chi connectivity index (χ4n) is 2.21. The first kappa shape index (κ1) is 20.4. The van der Waals surface area contributed by atoms with Crippen LogP contribution in [0.5, 0.6) is 0 Å². The zero-order valence-corrected chi connectivity index (χ0v) is 16.2. The zero-order valence-electron chi connectivity index (χ0n) is 15.4. The highest BCUT2D eigenvalue weighted by Gasteiger charge is 2.22. The first-order valence-corrected chi connectivity index (χ1v) is 9.53. The number of nitriles is 1. The van der Waals surface area contributed by atoms with E-state index in [1.165, 1.54) is 31.3 Å². The molecule has 0 fully saturated rings. The van der Waals surface area contributed by atoms with Crippen molar-refractivity contribution < 1.29 is 13.2 Å². The van der Waals surface area contributed by atoms with E-state index >= 15 is 0 Å². The highest BCUT2D eigenvalue weighted by atomic mass is 32.2. The van der Waals surface area contributed by atoms with Crippen LogP contribution in [0.4, 0.5) is 5.82 Å². The van der Waals surface area contributed by atoms with Gasteiger partial charge in [-0.25, -0.2) is 13.4 Å². The summed E-state index contributed by atoms with van der Waals surface area (Å²) in [6, 6.07) is 11.2. The average Bonchev–Trinajstić information content (AvgIpc) is 2.66. The molecule has 1 N–H and O–H groups in total. The van der Waals surface area contributed by atoms with Crippen molar-refractivity contribution in [3.8, 4) is 6.07 Å². The van der Waals surface area contributed by atoms with Crippen LogP contribution in [0.3, 0.4) is 0 Å². The summed E-state index contributed by atoms with van der Waals surface area (Å²) in [6.07, 6.45) is 1.66. The highest BCUT2D eigenvalue weighted by molar-refractivity contribution is 7.89. The fourth-order valence-corrected chi connectivity index (χ4v) is 3.34. The molecule has 1 aromatic carbocycles. The first-order valence-electron chi connectivity index (χ1n) is 8.09. The molecule has 0 unspecified atom stereocenters. The van der Waals surface area contributed by atoms with Crippen molar-refractivity contribution in [1.29, 1.82) is 5.26 Å². The number of anilines is 1. The van der Waals surface area contributed by atoms with E-state index in [2.05, 4.69) is 10.3 Å². The van der Waals surface area contributed by atoms with Gasteiger partial charge in [-0.2, -0.15) is 9.57 Å². The van der Waals surface area contributed by atoms with Crippen LogP contribution in [0.15, 0.2) is 47.5 Å². The number of sulfonamides is 1. The molecule has 0 aliphatic heterocycles. The molecule has 27 heavy (non-hydrogen) atoms. The third kappa shape index (κ3) is 5.26. The normalized spacial score (nSPS) is 11.1. The minimum Gasteiger partial charge on any atom is -0.363 e. The van der Waals surface area contributed by atoms with E-state index in [1.807, 2.05) is 37.2 Å². The van der Waals surface area contributed by atoms with Gasteiger partial charge >= 0.3 is 0 Å². The molecule has 2 aromatic rings. The van der Waals surface area contributed by atoms with Crippen LogP contribution in [-0.4, -0.2) is 51.3 Å². The van der Waals surface area contributed by atoms with Crippen molar-refractivity contribution in [2.75, 3.05) is 32.6 Å². The largest absolute Gasteiger partial charge is 0.363 e. The number of hydrogen-bond acceptors (Lipinski definition) is 6. The molecule has 0 saturated heterocycles. The molecule has 1 aromatic heterocycles. The lowest BCUT2D eigenvalue weighted by atomic mass is 10.2. The van der Waals surface area contributed by atoms with Gasteiger partial charge in [0.1, 0.15) is 5.82 Å². The maximum absolute atomic E-state index is 12.5. The van der Waals surface area contributed by atoms with Crippen LogP contribution in [0.2, 0.25) is 0 Å². The number of aromatic nitrogens is 1. The molecular formula is C18H21N5O3S. The highest BCUT2D eigenvalue weighted by Crippen LogP contribution is 2.15. The summed E-state index contributed by atoms with van der Waals surface area (Å²) in [7, 11) is 1.29. The van der Waals surface area contributed by atoms with Gasteiger partial charge in [0, 0.05) is 33.9 Å². The number of hydrogen-bond donors (Lipinski definition) is 1. The topological polar surface area (TPSA) is 106 Å². The van der Waals surface area contributed by atoms with E-state index in [1.54, 1.807) is 6.20 Å². The zero-order chi connectivity index (χ0) is 20.0. The van der Waals surface area contributed by atoms with Crippen molar-refractivity contribution in [2.45, 2.75) is 11.4 Å². The molecule has 8 nitrogen and oxygen atoms in total. The lowest BCUT2D eigenvalue weighted by Gasteiger charge is -2.17. The molecule has 0 saturated carbocycles. The smallest absolute Gasteiger partial charge is 0.243 e. The summed E-state index contributed by atoms with van der Waals surface area (Å²) < 4.78 is 26.0. The van der Waals surface area contributed by atoms with Crippen molar-refractivity contribution >= 4 is 21.7 Å². The Balaban J connectivity index is 1.94. The molecule has 0 aliphatic rings. The van der Waals surface area contributed by atoms with Crippen molar-refractivity contribution in [3.05, 3.63) is 53.7 Å². The molecule has 0 radical (unpaired) electrons. The molecule has 142 valence electrons. The summed E-state index contributed by atoms with van der Waals surface area (Å²) in [5, 5.41) is 11.5. The number of carbonyl (C=O) groups is 1. The number of likely N-dealkylation sites (N-methyl/N-ethyl adjacent to an activating group) is 1. The van der Waals surface area contributed by atoms with E-state index in [9.17, 15) is 13.2 Å². The van der Waals surface area contributed by atoms with Gasteiger partial charge in [-0.15, -0.1) is 0 Å². The number of amides is 1. The predicted octanol–water partition coefficient (Wildman–Crippen LogP) is 0.956. The molecule has 0 atom stereocenters. The molecule has 0 aliphatic carbocycles. The van der Waals surface area contributed by atoms with Gasteiger partial charge in [-0.3, -0.25) is 4.79 Å². The lowest BCUT2D eigenvalue weighted by Crippen LogP contribution is -2.38. The fraction of sp³-hybridized carbons (Fsp3) is 0.278. The van der Waals surface area contributed by atoms with Crippen LogP contribution >= 0.6 is 0 Å². The molecule has 9 heteroatoms. The van der Waals surface area contributed by atoms with Crippen molar-refractivity contribution in [2.24, 2.45) is 0 Å². The predicted molar refractivity (Wildman–Crippen MR) is 101 cm³/mol. The Hall–Kier alpha value is -2.96. The van der Waals surface area contributed by atoms with E-state index < -0.39 is 15.9 Å². The second kappa shape index (κ2) is 8.62. The maximum atomic E-state index is 12.5. The van der Waals surface area contributed by atoms with E-state index in [0.29, 0.717) is 5.56 Å². The van der Waals surface area contributed by atoms with E-state index in [4.69, 9.17) is 5.26 Å². The third-order valence-corrected chi connectivity index (χ3v) is 5.63. The number of rotatable bonds is 7. The maximum Gasteiger partial charge on any atom is 0.243 e. The third-order valence-electron chi connectivity index (χ3n) is 3.81. The first-order chi connectivity index (χ1) is 12.7. The molecule has 2 rings (SSSR count). The summed E-state index contributed by atoms with van der Waals surface area (Å²) >= 11 is 0. The quantitative estimate of drug-likeness (QED) is 0.758. The van der Waals surface area contributed by atoms with Crippen molar-refractivity contribution in [3.63, 3.8) is 0 Å². The SMILES string of the molecule is CN(C)c1ccc(CNC(=O)CN(C)S(=O)(=O)c2ccc(C#N)cc2)cn1. The van der Waals surface area contributed by atoms with Crippen molar-refractivity contribution in [1.82, 2.24) is 14.6 Å². The second-order valence-corrected chi connectivity index (χ2v) is 8.14. The monoisotopic (exact) mass is 387 g/mol. The number of nitrogens with one attached hydrogen (secondary N) is 1. The van der Waals surface area contributed by atoms with Crippen LogP contribution in [0, 0.1) is 11.3 Å². The van der Waals surface area contributed by atoms with Gasteiger partial charge in [0.2, 0.25) is 15.9 Å². The Morgan fingerprint density at radius 3 is 2.33 bits per heavy atom. The molecular weight excluding hydrogens is 366 g/mol. The molecule has 0 bridgehead atoms. The number of pyridine rings is 1. The Kier molecular flexibility index (Phi) is 6.50. The van der Waals surface area contributed by atoms with E-state index in [-0.39, 0.29) is 18.0 Å². The van der Waals surface area contributed by atoms with Gasteiger partial charge in [-0.05, 0) is 35.9 Å². The summed E-state index contributed by atoms with van der Waals surface area (Å²) in [4.78, 5) is 18.2. The average molecular weight is 387 g/mol. The van der Waals surface area contributed by atoms with Gasteiger partial charge in [0.05, 0.1) is 23.1 Å². The Bertz CT molecular complexity index is 932. The van der Waals surface area contributed by atoms with Crippen LogP contribution < -0.4 is 10.2 Å². The number of carbonyl (C=O) groups excluding carboxylic acids is 1. The van der Waals surface area contributed by atoms with Gasteiger partial charge < -0.3 is 10.2 Å². The molecule has 1 heterocycles. The van der Waals surface area contributed by atoms with Gasteiger partial charge in [0.15, 0.2) is 0 Å². The Morgan fingerprint density at radius 2 is 1.81 bits per heavy atom. The minimum absolute atomic E-state index is 0.0280. The number of benzene rings is 1. The second-order valence-electron chi connectivity index (χ2n) is 6.09. The number of nitrogens with zero attached hydrogens (tertiary/aromatic N) is 4. The molecule has 0 spiro atoms.